The zero-order valence-corrected chi connectivity index (χ0v) is 8.69. The molecule has 4 nitrogen and oxygen atoms in total. The second-order valence-electron chi connectivity index (χ2n) is 3.15. The lowest BCUT2D eigenvalue weighted by atomic mass is 10.2. The molecule has 0 radical (unpaired) electrons. The van der Waals surface area contributed by atoms with Crippen LogP contribution >= 0.6 is 11.8 Å². The van der Waals surface area contributed by atoms with Gasteiger partial charge in [-0.15, -0.1) is 0 Å². The Labute approximate surface area is 83.0 Å². The molecule has 0 aromatic carbocycles. The van der Waals surface area contributed by atoms with Gasteiger partial charge in [-0.25, -0.2) is 10.6 Å². The van der Waals surface area contributed by atoms with E-state index in [-0.39, 0.29) is 6.03 Å². The van der Waals surface area contributed by atoms with E-state index in [9.17, 15) is 4.79 Å². The molecular formula is C8H17N3OS. The predicted octanol–water partition coefficient (Wildman–Crippen LogP) is 0.834. The lowest BCUT2D eigenvalue weighted by Gasteiger charge is -2.19. The number of nitrogens with two attached hydrogens (primary N) is 1. The Kier molecular flexibility index (Phi) is 4.38. The van der Waals surface area contributed by atoms with Crippen LogP contribution in [-0.4, -0.2) is 23.1 Å². The van der Waals surface area contributed by atoms with Crippen molar-refractivity contribution in [2.45, 2.75) is 37.5 Å². The summed E-state index contributed by atoms with van der Waals surface area (Å²) in [6.07, 6.45) is 3.48. The summed E-state index contributed by atoms with van der Waals surface area (Å²) >= 11 is 1.92. The number of urea groups is 1. The lowest BCUT2D eigenvalue weighted by molar-refractivity contribution is 0.237. The van der Waals surface area contributed by atoms with Crippen molar-refractivity contribution in [1.82, 2.24) is 10.7 Å². The van der Waals surface area contributed by atoms with Crippen LogP contribution in [0.5, 0.6) is 0 Å². The standard InChI is InChI=1S/C8H17N3OS/c1-2-13-7-5-3-4-6(7)10-8(12)11-9/h6-7H,2-5,9H2,1H3,(H2,10,11,12). The van der Waals surface area contributed by atoms with E-state index in [4.69, 9.17) is 5.84 Å². The van der Waals surface area contributed by atoms with Crippen molar-refractivity contribution in [2.24, 2.45) is 5.84 Å². The van der Waals surface area contributed by atoms with Gasteiger partial charge in [-0.2, -0.15) is 11.8 Å². The van der Waals surface area contributed by atoms with Crippen LogP contribution in [0.15, 0.2) is 0 Å². The predicted molar refractivity (Wildman–Crippen MR) is 55.4 cm³/mol. The van der Waals surface area contributed by atoms with Gasteiger partial charge in [0.05, 0.1) is 0 Å². The molecule has 0 aromatic heterocycles. The van der Waals surface area contributed by atoms with Crippen molar-refractivity contribution in [1.29, 1.82) is 0 Å². The summed E-state index contributed by atoms with van der Waals surface area (Å²) in [4.78, 5) is 11.0. The Morgan fingerprint density at radius 1 is 1.62 bits per heavy atom. The van der Waals surface area contributed by atoms with Gasteiger partial charge in [0.15, 0.2) is 0 Å². The van der Waals surface area contributed by atoms with Gasteiger partial charge in [0.1, 0.15) is 0 Å². The number of rotatable bonds is 3. The monoisotopic (exact) mass is 203 g/mol. The Bertz CT molecular complexity index is 177. The number of thioether (sulfide) groups is 1. The molecule has 2 atom stereocenters. The van der Waals surface area contributed by atoms with Gasteiger partial charge in [-0.1, -0.05) is 13.3 Å². The molecule has 76 valence electrons. The average molecular weight is 203 g/mol. The number of hydrogen-bond donors (Lipinski definition) is 3. The highest BCUT2D eigenvalue weighted by molar-refractivity contribution is 7.99. The van der Waals surface area contributed by atoms with Crippen molar-refractivity contribution in [3.63, 3.8) is 0 Å². The SMILES string of the molecule is CCSC1CCCC1NC(=O)NN. The first-order chi connectivity index (χ1) is 6.27. The molecule has 1 fully saturated rings. The Morgan fingerprint density at radius 3 is 3.00 bits per heavy atom. The summed E-state index contributed by atoms with van der Waals surface area (Å²) in [5.74, 6) is 6.10. The molecule has 1 aliphatic carbocycles. The van der Waals surface area contributed by atoms with E-state index in [1.54, 1.807) is 0 Å². The summed E-state index contributed by atoms with van der Waals surface area (Å²) in [6.45, 7) is 2.14. The number of hydrogen-bond acceptors (Lipinski definition) is 3. The van der Waals surface area contributed by atoms with Gasteiger partial charge in [-0.3, -0.25) is 5.43 Å². The molecular weight excluding hydrogens is 186 g/mol. The Hall–Kier alpha value is -0.420. The molecule has 0 heterocycles. The van der Waals surface area contributed by atoms with Gasteiger partial charge in [0.25, 0.3) is 0 Å². The molecule has 0 saturated heterocycles. The largest absolute Gasteiger partial charge is 0.333 e. The van der Waals surface area contributed by atoms with Crippen LogP contribution in [0, 0.1) is 0 Å². The van der Waals surface area contributed by atoms with E-state index in [1.807, 2.05) is 11.8 Å². The van der Waals surface area contributed by atoms with E-state index >= 15 is 0 Å². The normalized spacial score (nSPS) is 27.2. The highest BCUT2D eigenvalue weighted by atomic mass is 32.2. The fourth-order valence-electron chi connectivity index (χ4n) is 1.71. The van der Waals surface area contributed by atoms with Crippen LogP contribution < -0.4 is 16.6 Å². The second kappa shape index (κ2) is 5.34. The summed E-state index contributed by atoms with van der Waals surface area (Å²) in [5, 5.41) is 3.44. The summed E-state index contributed by atoms with van der Waals surface area (Å²) in [6, 6.07) is 0.0297. The third kappa shape index (κ3) is 3.08. The zero-order valence-electron chi connectivity index (χ0n) is 7.88. The lowest BCUT2D eigenvalue weighted by Crippen LogP contribution is -2.47. The maximum absolute atomic E-state index is 11.0. The van der Waals surface area contributed by atoms with E-state index < -0.39 is 0 Å². The molecule has 0 aliphatic heterocycles. The fraction of sp³-hybridized carbons (Fsp3) is 0.875. The second-order valence-corrected chi connectivity index (χ2v) is 4.67. The number of amides is 2. The van der Waals surface area contributed by atoms with E-state index in [1.165, 1.54) is 12.8 Å². The first-order valence-electron chi connectivity index (χ1n) is 4.66. The molecule has 0 bridgehead atoms. The Morgan fingerprint density at radius 2 is 2.38 bits per heavy atom. The number of carbonyl (C=O) groups is 1. The summed E-state index contributed by atoms with van der Waals surface area (Å²) in [7, 11) is 0. The smallest absolute Gasteiger partial charge is 0.329 e. The third-order valence-corrected chi connectivity index (χ3v) is 3.61. The minimum absolute atomic E-state index is 0.270. The van der Waals surface area contributed by atoms with Gasteiger partial charge in [0, 0.05) is 11.3 Å². The highest BCUT2D eigenvalue weighted by Gasteiger charge is 2.27. The highest BCUT2D eigenvalue weighted by Crippen LogP contribution is 2.29. The van der Waals surface area contributed by atoms with Crippen LogP contribution in [-0.2, 0) is 0 Å². The van der Waals surface area contributed by atoms with Crippen LogP contribution in [0.2, 0.25) is 0 Å². The van der Waals surface area contributed by atoms with Crippen LogP contribution in [0.1, 0.15) is 26.2 Å². The van der Waals surface area contributed by atoms with Crippen LogP contribution in [0.4, 0.5) is 4.79 Å². The van der Waals surface area contributed by atoms with E-state index in [0.29, 0.717) is 11.3 Å². The average Bonchev–Trinajstić information content (AvgIpc) is 2.54. The first-order valence-corrected chi connectivity index (χ1v) is 5.71. The maximum atomic E-state index is 11.0. The van der Waals surface area contributed by atoms with E-state index in [2.05, 4.69) is 17.7 Å². The number of nitrogens with one attached hydrogen (secondary N) is 2. The van der Waals surface area contributed by atoms with Crippen molar-refractivity contribution in [2.75, 3.05) is 5.75 Å². The van der Waals surface area contributed by atoms with Gasteiger partial charge in [-0.05, 0) is 18.6 Å². The molecule has 1 rings (SSSR count). The summed E-state index contributed by atoms with van der Waals surface area (Å²) in [5.41, 5.74) is 2.10. The van der Waals surface area contributed by atoms with Gasteiger partial charge >= 0.3 is 6.03 Å². The molecule has 1 aliphatic rings. The van der Waals surface area contributed by atoms with E-state index in [0.717, 1.165) is 12.2 Å². The topological polar surface area (TPSA) is 67.2 Å². The number of carbonyl (C=O) groups excluding carboxylic acids is 1. The molecule has 2 amide bonds. The molecule has 4 N–H and O–H groups in total. The minimum atomic E-state index is -0.270. The third-order valence-electron chi connectivity index (χ3n) is 2.28. The maximum Gasteiger partial charge on any atom is 0.329 e. The number of hydrazine groups is 1. The summed E-state index contributed by atoms with van der Waals surface area (Å²) < 4.78 is 0. The molecule has 13 heavy (non-hydrogen) atoms. The van der Waals surface area contributed by atoms with Crippen LogP contribution in [0.25, 0.3) is 0 Å². The zero-order chi connectivity index (χ0) is 9.68. The molecule has 5 heteroatoms. The molecule has 2 unspecified atom stereocenters. The van der Waals surface area contributed by atoms with Gasteiger partial charge < -0.3 is 5.32 Å². The first kappa shape index (κ1) is 10.7. The van der Waals surface area contributed by atoms with Crippen LogP contribution in [0.3, 0.4) is 0 Å². The molecule has 1 saturated carbocycles. The quantitative estimate of drug-likeness (QED) is 0.361. The minimum Gasteiger partial charge on any atom is -0.333 e. The van der Waals surface area contributed by atoms with Gasteiger partial charge in [0.2, 0.25) is 0 Å². The van der Waals surface area contributed by atoms with Crippen molar-refractivity contribution in [3.8, 4) is 0 Å². The Balaban J connectivity index is 2.34. The molecule has 0 spiro atoms. The van der Waals surface area contributed by atoms with Crippen molar-refractivity contribution < 1.29 is 4.79 Å². The fourth-order valence-corrected chi connectivity index (χ4v) is 2.91. The molecule has 0 aromatic rings. The van der Waals surface area contributed by atoms with Crippen molar-refractivity contribution >= 4 is 17.8 Å². The van der Waals surface area contributed by atoms with Crippen molar-refractivity contribution in [3.05, 3.63) is 0 Å².